The molecule has 76 valence electrons. The Morgan fingerprint density at radius 1 is 1.08 bits per heavy atom. The average Bonchev–Trinajstić information content (AvgIpc) is 2.89. The lowest BCUT2D eigenvalue weighted by molar-refractivity contribution is 0.141. The second-order valence-electron chi connectivity index (χ2n) is 4.94. The van der Waals surface area contributed by atoms with Crippen LogP contribution in [0.15, 0.2) is 0 Å². The van der Waals surface area contributed by atoms with Crippen molar-refractivity contribution in [2.24, 2.45) is 5.92 Å². The molecule has 0 aromatic heterocycles. The maximum Gasteiger partial charge on any atom is 0.0113 e. The van der Waals surface area contributed by atoms with Crippen LogP contribution < -0.4 is 0 Å². The van der Waals surface area contributed by atoms with Crippen LogP contribution in [0.5, 0.6) is 0 Å². The summed E-state index contributed by atoms with van der Waals surface area (Å²) in [5.74, 6) is 1.07. The lowest BCUT2D eigenvalue weighted by Gasteiger charge is -2.35. The van der Waals surface area contributed by atoms with E-state index in [1.54, 1.807) is 0 Å². The zero-order chi connectivity index (χ0) is 9.26. The third-order valence-electron chi connectivity index (χ3n) is 3.50. The topological polar surface area (TPSA) is 6.48 Å². The zero-order valence-electron chi connectivity index (χ0n) is 9.00. The van der Waals surface area contributed by atoms with E-state index in [9.17, 15) is 0 Å². The molecule has 2 fully saturated rings. The Balaban J connectivity index is 1.69. The number of likely N-dealkylation sites (tertiary alicyclic amines) is 1. The molecular weight excluding hydrogens is 160 g/mol. The van der Waals surface area contributed by atoms with E-state index in [1.807, 2.05) is 0 Å². The second kappa shape index (κ2) is 3.97. The summed E-state index contributed by atoms with van der Waals surface area (Å²) in [5.41, 5.74) is 0. The van der Waals surface area contributed by atoms with Crippen molar-refractivity contribution >= 4 is 0 Å². The third-order valence-corrected chi connectivity index (χ3v) is 3.50. The van der Waals surface area contributed by atoms with Gasteiger partial charge in [-0.2, -0.15) is 0 Å². The Kier molecular flexibility index (Phi) is 2.89. The fourth-order valence-electron chi connectivity index (χ4n) is 2.28. The number of piperidine rings is 1. The number of hydrogen-bond donors (Lipinski definition) is 0. The minimum absolute atomic E-state index is 0.843. The summed E-state index contributed by atoms with van der Waals surface area (Å²) >= 11 is 0. The molecule has 2 heteroatoms. The van der Waals surface area contributed by atoms with Gasteiger partial charge in [0.2, 0.25) is 0 Å². The minimum atomic E-state index is 0.843. The number of nitrogens with zero attached hydrogens (tertiary/aromatic N) is 2. The molecule has 2 nitrogen and oxygen atoms in total. The van der Waals surface area contributed by atoms with E-state index in [0.717, 1.165) is 12.0 Å². The van der Waals surface area contributed by atoms with E-state index < -0.39 is 0 Å². The molecule has 13 heavy (non-hydrogen) atoms. The van der Waals surface area contributed by atoms with Crippen molar-refractivity contribution in [3.63, 3.8) is 0 Å². The molecule has 0 bridgehead atoms. The average molecular weight is 182 g/mol. The summed E-state index contributed by atoms with van der Waals surface area (Å²) in [7, 11) is 4.42. The standard InChI is InChI=1S/C11H22N2/c1-12(2)11-5-7-13(8-6-11)9-10-3-4-10/h10-11H,3-9H2,1-2H3. The predicted octanol–water partition coefficient (Wildman–Crippen LogP) is 1.42. The molecule has 0 spiro atoms. The van der Waals surface area contributed by atoms with E-state index in [-0.39, 0.29) is 0 Å². The summed E-state index contributed by atoms with van der Waals surface area (Å²) in [6.45, 7) is 4.05. The Morgan fingerprint density at radius 3 is 2.15 bits per heavy atom. The quantitative estimate of drug-likeness (QED) is 0.651. The van der Waals surface area contributed by atoms with Crippen molar-refractivity contribution in [2.45, 2.75) is 31.7 Å². The molecular formula is C11H22N2. The van der Waals surface area contributed by atoms with Gasteiger partial charge in [0, 0.05) is 12.6 Å². The van der Waals surface area contributed by atoms with Crippen LogP contribution >= 0.6 is 0 Å². The molecule has 1 aliphatic carbocycles. The molecule has 0 aromatic carbocycles. The molecule has 0 aromatic rings. The Labute approximate surface area is 81.9 Å². The highest BCUT2D eigenvalue weighted by Gasteiger charge is 2.27. The highest BCUT2D eigenvalue weighted by Crippen LogP contribution is 2.30. The number of rotatable bonds is 3. The smallest absolute Gasteiger partial charge is 0.0113 e. The van der Waals surface area contributed by atoms with E-state index in [4.69, 9.17) is 0 Å². The van der Waals surface area contributed by atoms with Gasteiger partial charge in [-0.1, -0.05) is 0 Å². The van der Waals surface area contributed by atoms with Crippen molar-refractivity contribution in [2.75, 3.05) is 33.7 Å². The van der Waals surface area contributed by atoms with Crippen molar-refractivity contribution in [1.29, 1.82) is 0 Å². The fourth-order valence-corrected chi connectivity index (χ4v) is 2.28. The van der Waals surface area contributed by atoms with Crippen molar-refractivity contribution in [1.82, 2.24) is 9.80 Å². The molecule has 0 N–H and O–H groups in total. The highest BCUT2D eigenvalue weighted by molar-refractivity contribution is 4.82. The highest BCUT2D eigenvalue weighted by atomic mass is 15.2. The Hall–Kier alpha value is -0.0800. The van der Waals surface area contributed by atoms with Crippen LogP contribution in [0, 0.1) is 5.92 Å². The van der Waals surface area contributed by atoms with Gasteiger partial charge < -0.3 is 9.80 Å². The van der Waals surface area contributed by atoms with E-state index in [1.165, 1.54) is 45.3 Å². The summed E-state index contributed by atoms with van der Waals surface area (Å²) in [6, 6.07) is 0.843. The lowest BCUT2D eigenvalue weighted by atomic mass is 10.0. The van der Waals surface area contributed by atoms with E-state index in [2.05, 4.69) is 23.9 Å². The molecule has 1 saturated heterocycles. The first-order valence-corrected chi connectivity index (χ1v) is 5.64. The maximum absolute atomic E-state index is 2.66. The molecule has 0 unspecified atom stereocenters. The van der Waals surface area contributed by atoms with Gasteiger partial charge in [0.1, 0.15) is 0 Å². The minimum Gasteiger partial charge on any atom is -0.306 e. The van der Waals surface area contributed by atoms with Gasteiger partial charge in [-0.15, -0.1) is 0 Å². The Morgan fingerprint density at radius 2 is 1.69 bits per heavy atom. The van der Waals surface area contributed by atoms with Gasteiger partial charge in [0.05, 0.1) is 0 Å². The van der Waals surface area contributed by atoms with Crippen molar-refractivity contribution in [3.8, 4) is 0 Å². The summed E-state index contributed by atoms with van der Waals surface area (Å²) in [6.07, 6.45) is 5.74. The third kappa shape index (κ3) is 2.68. The molecule has 2 rings (SSSR count). The first-order chi connectivity index (χ1) is 6.25. The monoisotopic (exact) mass is 182 g/mol. The maximum atomic E-state index is 2.66. The van der Waals surface area contributed by atoms with Crippen molar-refractivity contribution < 1.29 is 0 Å². The van der Waals surface area contributed by atoms with Gasteiger partial charge in [-0.25, -0.2) is 0 Å². The summed E-state index contributed by atoms with van der Waals surface area (Å²) in [4.78, 5) is 5.05. The molecule has 0 radical (unpaired) electrons. The SMILES string of the molecule is CN(C)C1CCN(CC2CC2)CC1. The summed E-state index contributed by atoms with van der Waals surface area (Å²) in [5, 5.41) is 0. The Bertz CT molecular complexity index is 155. The zero-order valence-corrected chi connectivity index (χ0v) is 9.00. The van der Waals surface area contributed by atoms with Crippen LogP contribution in [-0.2, 0) is 0 Å². The van der Waals surface area contributed by atoms with Crippen LogP contribution in [-0.4, -0.2) is 49.6 Å². The van der Waals surface area contributed by atoms with E-state index >= 15 is 0 Å². The lowest BCUT2D eigenvalue weighted by Crippen LogP contribution is -2.42. The molecule has 1 saturated carbocycles. The fraction of sp³-hybridized carbons (Fsp3) is 1.00. The first-order valence-electron chi connectivity index (χ1n) is 5.64. The summed E-state index contributed by atoms with van der Waals surface area (Å²) < 4.78 is 0. The molecule has 0 atom stereocenters. The second-order valence-corrected chi connectivity index (χ2v) is 4.94. The van der Waals surface area contributed by atoms with Gasteiger partial charge in [0.15, 0.2) is 0 Å². The normalized spacial score (nSPS) is 27.0. The van der Waals surface area contributed by atoms with Crippen LogP contribution in [0.4, 0.5) is 0 Å². The number of hydrogen-bond acceptors (Lipinski definition) is 2. The van der Waals surface area contributed by atoms with Crippen LogP contribution in [0.2, 0.25) is 0 Å². The van der Waals surface area contributed by atoms with Crippen LogP contribution in [0.1, 0.15) is 25.7 Å². The molecule has 1 aliphatic heterocycles. The van der Waals surface area contributed by atoms with Gasteiger partial charge in [0.25, 0.3) is 0 Å². The van der Waals surface area contributed by atoms with E-state index in [0.29, 0.717) is 0 Å². The molecule has 2 aliphatic rings. The molecule has 0 amide bonds. The molecule has 1 heterocycles. The predicted molar refractivity (Wildman–Crippen MR) is 55.9 cm³/mol. The van der Waals surface area contributed by atoms with Crippen LogP contribution in [0.3, 0.4) is 0 Å². The van der Waals surface area contributed by atoms with Crippen molar-refractivity contribution in [3.05, 3.63) is 0 Å². The first kappa shape index (κ1) is 9.47. The largest absolute Gasteiger partial charge is 0.306 e. The van der Waals surface area contributed by atoms with Gasteiger partial charge in [-0.05, 0) is 58.8 Å². The van der Waals surface area contributed by atoms with Gasteiger partial charge in [-0.3, -0.25) is 0 Å². The van der Waals surface area contributed by atoms with Crippen LogP contribution in [0.25, 0.3) is 0 Å². The van der Waals surface area contributed by atoms with Gasteiger partial charge >= 0.3 is 0 Å².